The SMILES string of the molecule is CCOC(=O)c1[nH]c(C)c(C(=O)[C@H](C)N(CC2CC2)C(=O)c2ccc(C)cc2)c1C. The number of aryl methyl sites for hydroxylation is 2. The molecule has 6 heteroatoms. The van der Waals surface area contributed by atoms with Gasteiger partial charge in [-0.2, -0.15) is 0 Å². The van der Waals surface area contributed by atoms with Crippen molar-refractivity contribution in [1.82, 2.24) is 9.88 Å². The van der Waals surface area contributed by atoms with Crippen LogP contribution in [0.1, 0.15) is 74.7 Å². The number of carbonyl (C=O) groups excluding carboxylic acids is 3. The monoisotopic (exact) mass is 410 g/mol. The van der Waals surface area contributed by atoms with E-state index in [2.05, 4.69) is 4.98 Å². The first-order chi connectivity index (χ1) is 14.2. The van der Waals surface area contributed by atoms with Crippen LogP contribution < -0.4 is 0 Å². The minimum atomic E-state index is -0.636. The maximum Gasteiger partial charge on any atom is 0.355 e. The number of carbonyl (C=O) groups is 3. The first-order valence-electron chi connectivity index (χ1n) is 10.5. The molecule has 2 aromatic rings. The Balaban J connectivity index is 1.90. The Labute approximate surface area is 177 Å². The lowest BCUT2D eigenvalue weighted by atomic mass is 9.99. The molecule has 30 heavy (non-hydrogen) atoms. The minimum Gasteiger partial charge on any atom is -0.461 e. The standard InChI is InChI=1S/C24H30N2O4/c1-6-30-24(29)21-15(3)20(16(4)25-21)22(27)17(5)26(13-18-9-10-18)23(28)19-11-7-14(2)8-12-19/h7-8,11-12,17-18,25H,6,9-10,13H2,1-5H3/t17-/m0/s1. The van der Waals surface area contributed by atoms with Gasteiger partial charge in [-0.15, -0.1) is 0 Å². The van der Waals surface area contributed by atoms with Crippen LogP contribution in [-0.4, -0.2) is 46.7 Å². The number of ketones is 1. The molecule has 6 nitrogen and oxygen atoms in total. The summed E-state index contributed by atoms with van der Waals surface area (Å²) >= 11 is 0. The Morgan fingerprint density at radius 1 is 1.13 bits per heavy atom. The average Bonchev–Trinajstić information content (AvgIpc) is 3.49. The van der Waals surface area contributed by atoms with Gasteiger partial charge >= 0.3 is 5.97 Å². The zero-order valence-corrected chi connectivity index (χ0v) is 18.4. The molecule has 0 aliphatic heterocycles. The molecule has 1 aliphatic carbocycles. The van der Waals surface area contributed by atoms with E-state index >= 15 is 0 Å². The Morgan fingerprint density at radius 2 is 1.77 bits per heavy atom. The molecule has 1 atom stereocenters. The Hall–Kier alpha value is -2.89. The van der Waals surface area contributed by atoms with E-state index in [0.717, 1.165) is 18.4 Å². The molecular weight excluding hydrogens is 380 g/mol. The molecule has 0 spiro atoms. The van der Waals surface area contributed by atoms with Crippen LogP contribution in [0.3, 0.4) is 0 Å². The van der Waals surface area contributed by atoms with Crippen LogP contribution in [0.15, 0.2) is 24.3 Å². The van der Waals surface area contributed by atoms with Crippen LogP contribution in [0, 0.1) is 26.7 Å². The minimum absolute atomic E-state index is 0.140. The summed E-state index contributed by atoms with van der Waals surface area (Å²) in [7, 11) is 0. The number of hydrogen-bond acceptors (Lipinski definition) is 4. The van der Waals surface area contributed by atoms with Gasteiger partial charge in [-0.25, -0.2) is 4.79 Å². The first kappa shape index (κ1) is 21.8. The molecule has 1 N–H and O–H groups in total. The summed E-state index contributed by atoms with van der Waals surface area (Å²) < 4.78 is 5.09. The zero-order chi connectivity index (χ0) is 22.0. The molecule has 1 amide bonds. The summed E-state index contributed by atoms with van der Waals surface area (Å²) in [5.41, 5.74) is 3.59. The van der Waals surface area contributed by atoms with Crippen LogP contribution in [-0.2, 0) is 4.74 Å². The second kappa shape index (κ2) is 8.86. The zero-order valence-electron chi connectivity index (χ0n) is 18.4. The molecule has 1 fully saturated rings. The molecule has 0 bridgehead atoms. The van der Waals surface area contributed by atoms with Crippen molar-refractivity contribution in [2.75, 3.05) is 13.2 Å². The van der Waals surface area contributed by atoms with Gasteiger partial charge in [0.1, 0.15) is 5.69 Å². The highest BCUT2D eigenvalue weighted by Crippen LogP contribution is 2.32. The molecule has 1 saturated carbocycles. The summed E-state index contributed by atoms with van der Waals surface area (Å²) in [5.74, 6) is -0.342. The van der Waals surface area contributed by atoms with Gasteiger partial charge in [0.25, 0.3) is 5.91 Å². The highest BCUT2D eigenvalue weighted by atomic mass is 16.5. The van der Waals surface area contributed by atoms with Crippen molar-refractivity contribution < 1.29 is 19.1 Å². The summed E-state index contributed by atoms with van der Waals surface area (Å²) in [4.78, 5) is 43.6. The fourth-order valence-electron chi connectivity index (χ4n) is 3.73. The van der Waals surface area contributed by atoms with Crippen LogP contribution in [0.2, 0.25) is 0 Å². The van der Waals surface area contributed by atoms with Gasteiger partial charge in [0.05, 0.1) is 12.6 Å². The van der Waals surface area contributed by atoms with E-state index in [1.165, 1.54) is 0 Å². The smallest absolute Gasteiger partial charge is 0.355 e. The summed E-state index contributed by atoms with van der Waals surface area (Å²) in [6.45, 7) is 9.81. The molecule has 160 valence electrons. The number of Topliss-reactive ketones (excluding diaryl/α,β-unsaturated/α-hetero) is 1. The van der Waals surface area contributed by atoms with Gasteiger partial charge in [0.15, 0.2) is 5.78 Å². The molecule has 0 unspecified atom stereocenters. The highest BCUT2D eigenvalue weighted by molar-refractivity contribution is 6.07. The first-order valence-corrected chi connectivity index (χ1v) is 10.5. The predicted octanol–water partition coefficient (Wildman–Crippen LogP) is 4.24. The van der Waals surface area contributed by atoms with Gasteiger partial charge in [0.2, 0.25) is 0 Å². The summed E-state index contributed by atoms with van der Waals surface area (Å²) in [6, 6.07) is 6.78. The van der Waals surface area contributed by atoms with E-state index in [1.807, 2.05) is 19.1 Å². The van der Waals surface area contributed by atoms with E-state index in [0.29, 0.717) is 40.5 Å². The number of ether oxygens (including phenoxy) is 1. The second-order valence-corrected chi connectivity index (χ2v) is 8.15. The molecule has 3 rings (SSSR count). The maximum atomic E-state index is 13.4. The van der Waals surface area contributed by atoms with Crippen LogP contribution in [0.5, 0.6) is 0 Å². The summed E-state index contributed by atoms with van der Waals surface area (Å²) in [6.07, 6.45) is 2.15. The number of esters is 1. The van der Waals surface area contributed by atoms with Crippen LogP contribution in [0.4, 0.5) is 0 Å². The van der Waals surface area contributed by atoms with Crippen molar-refractivity contribution in [2.24, 2.45) is 5.92 Å². The van der Waals surface area contributed by atoms with Gasteiger partial charge < -0.3 is 14.6 Å². The topological polar surface area (TPSA) is 79.5 Å². The van der Waals surface area contributed by atoms with Crippen molar-refractivity contribution in [3.63, 3.8) is 0 Å². The Kier molecular flexibility index (Phi) is 6.44. The van der Waals surface area contributed by atoms with E-state index in [4.69, 9.17) is 4.74 Å². The van der Waals surface area contributed by atoms with Crippen molar-refractivity contribution in [2.45, 2.75) is 53.5 Å². The van der Waals surface area contributed by atoms with Gasteiger partial charge in [-0.3, -0.25) is 9.59 Å². The largest absolute Gasteiger partial charge is 0.461 e. The van der Waals surface area contributed by atoms with E-state index < -0.39 is 12.0 Å². The van der Waals surface area contributed by atoms with Gasteiger partial charge in [-0.1, -0.05) is 17.7 Å². The van der Waals surface area contributed by atoms with Crippen molar-refractivity contribution in [1.29, 1.82) is 0 Å². The second-order valence-electron chi connectivity index (χ2n) is 8.15. The van der Waals surface area contributed by atoms with Crippen molar-refractivity contribution >= 4 is 17.7 Å². The predicted molar refractivity (Wildman–Crippen MR) is 115 cm³/mol. The van der Waals surface area contributed by atoms with E-state index in [9.17, 15) is 14.4 Å². The lowest BCUT2D eigenvalue weighted by molar-refractivity contribution is 0.0518. The summed E-state index contributed by atoms with van der Waals surface area (Å²) in [5, 5.41) is 0. The lowest BCUT2D eigenvalue weighted by Crippen LogP contribution is -2.44. The Bertz CT molecular complexity index is 954. The Morgan fingerprint density at radius 3 is 2.33 bits per heavy atom. The maximum absolute atomic E-state index is 13.4. The third kappa shape index (κ3) is 4.48. The van der Waals surface area contributed by atoms with Crippen molar-refractivity contribution in [3.8, 4) is 0 Å². The number of rotatable bonds is 8. The van der Waals surface area contributed by atoms with Crippen molar-refractivity contribution in [3.05, 3.63) is 57.9 Å². The number of hydrogen-bond donors (Lipinski definition) is 1. The lowest BCUT2D eigenvalue weighted by Gasteiger charge is -2.29. The number of nitrogens with zero attached hydrogens (tertiary/aromatic N) is 1. The van der Waals surface area contributed by atoms with Crippen LogP contribution in [0.25, 0.3) is 0 Å². The molecule has 1 heterocycles. The quantitative estimate of drug-likeness (QED) is 0.521. The number of H-pyrrole nitrogens is 1. The fourth-order valence-corrected chi connectivity index (χ4v) is 3.73. The normalized spacial score (nSPS) is 14.3. The van der Waals surface area contributed by atoms with E-state index in [-0.39, 0.29) is 18.3 Å². The number of benzene rings is 1. The van der Waals surface area contributed by atoms with Gasteiger partial charge in [0, 0.05) is 23.4 Å². The number of amides is 1. The highest BCUT2D eigenvalue weighted by Gasteiger charge is 2.35. The molecule has 0 radical (unpaired) electrons. The van der Waals surface area contributed by atoms with Crippen LogP contribution >= 0.6 is 0 Å². The molecule has 0 saturated heterocycles. The third-order valence-corrected chi connectivity index (χ3v) is 5.72. The molecule has 1 aromatic carbocycles. The molecule has 1 aromatic heterocycles. The van der Waals surface area contributed by atoms with E-state index in [1.54, 1.807) is 44.7 Å². The fraction of sp³-hybridized carbons (Fsp3) is 0.458. The molecular formula is C24H30N2O4. The number of aromatic nitrogens is 1. The number of nitrogens with one attached hydrogen (secondary N) is 1. The van der Waals surface area contributed by atoms with Gasteiger partial charge in [-0.05, 0) is 71.1 Å². The molecule has 1 aliphatic rings. The average molecular weight is 411 g/mol. The number of aromatic amines is 1. The third-order valence-electron chi connectivity index (χ3n) is 5.72.